The number of hydrogen-bond donors (Lipinski definition) is 0. The van der Waals surface area contributed by atoms with E-state index in [9.17, 15) is 8.42 Å². The number of nitrogens with zero attached hydrogens (tertiary/aromatic N) is 2. The van der Waals surface area contributed by atoms with Gasteiger partial charge in [-0.05, 0) is 24.3 Å². The third-order valence-electron chi connectivity index (χ3n) is 2.26. The van der Waals surface area contributed by atoms with Crippen molar-refractivity contribution in [3.63, 3.8) is 0 Å². The largest absolute Gasteiger partial charge is 0.411 e. The predicted molar refractivity (Wildman–Crippen MR) is 73.8 cm³/mol. The molecule has 0 saturated heterocycles. The highest BCUT2D eigenvalue weighted by molar-refractivity contribution is 7.99. The van der Waals surface area contributed by atoms with Crippen LogP contribution in [0.2, 0.25) is 0 Å². The number of thioether (sulfide) groups is 1. The van der Waals surface area contributed by atoms with Crippen LogP contribution in [0.3, 0.4) is 0 Å². The van der Waals surface area contributed by atoms with Gasteiger partial charge in [0.1, 0.15) is 0 Å². The van der Waals surface area contributed by atoms with Crippen LogP contribution >= 0.6 is 11.8 Å². The maximum atomic E-state index is 11.3. The van der Waals surface area contributed by atoms with Gasteiger partial charge in [-0.1, -0.05) is 17.8 Å². The van der Waals surface area contributed by atoms with Gasteiger partial charge in [-0.15, -0.1) is 16.8 Å². The summed E-state index contributed by atoms with van der Waals surface area (Å²) in [5.74, 6) is 1.06. The average molecular weight is 296 g/mol. The van der Waals surface area contributed by atoms with Crippen molar-refractivity contribution in [1.29, 1.82) is 0 Å². The lowest BCUT2D eigenvalue weighted by Crippen LogP contribution is -1.96. The molecule has 1 aromatic heterocycles. The summed E-state index contributed by atoms with van der Waals surface area (Å²) in [6.07, 6.45) is 2.91. The van der Waals surface area contributed by atoms with Gasteiger partial charge in [0.25, 0.3) is 5.22 Å². The minimum atomic E-state index is -3.19. The smallest absolute Gasteiger partial charge is 0.277 e. The number of aromatic nitrogens is 2. The Bertz CT molecular complexity index is 675. The number of sulfone groups is 1. The normalized spacial score (nSPS) is 11.4. The molecular weight excluding hydrogens is 284 g/mol. The van der Waals surface area contributed by atoms with E-state index in [4.69, 9.17) is 4.42 Å². The number of rotatable bonds is 5. The van der Waals surface area contributed by atoms with Crippen LogP contribution in [0.4, 0.5) is 0 Å². The van der Waals surface area contributed by atoms with Crippen LogP contribution in [0.15, 0.2) is 51.5 Å². The molecule has 0 bridgehead atoms. The molecule has 5 nitrogen and oxygen atoms in total. The fourth-order valence-electron chi connectivity index (χ4n) is 1.36. The van der Waals surface area contributed by atoms with Crippen molar-refractivity contribution in [3.05, 3.63) is 36.9 Å². The Kier molecular flexibility index (Phi) is 4.06. The molecule has 0 saturated carbocycles. The Morgan fingerprint density at radius 3 is 2.58 bits per heavy atom. The first-order valence-electron chi connectivity index (χ1n) is 5.38. The molecule has 0 amide bonds. The molecule has 0 aliphatic carbocycles. The van der Waals surface area contributed by atoms with Crippen LogP contribution in [-0.4, -0.2) is 30.6 Å². The van der Waals surface area contributed by atoms with Crippen molar-refractivity contribution in [1.82, 2.24) is 10.2 Å². The zero-order chi connectivity index (χ0) is 13.9. The number of benzene rings is 1. The van der Waals surface area contributed by atoms with Gasteiger partial charge >= 0.3 is 0 Å². The Morgan fingerprint density at radius 2 is 2.00 bits per heavy atom. The Balaban J connectivity index is 2.22. The number of hydrogen-bond acceptors (Lipinski definition) is 6. The van der Waals surface area contributed by atoms with Gasteiger partial charge in [-0.2, -0.15) is 0 Å². The Morgan fingerprint density at radius 1 is 1.32 bits per heavy atom. The molecule has 0 aliphatic heterocycles. The second-order valence-corrected chi connectivity index (χ2v) is 6.76. The Labute approximate surface area is 115 Å². The quantitative estimate of drug-likeness (QED) is 0.623. The van der Waals surface area contributed by atoms with Crippen molar-refractivity contribution >= 4 is 21.6 Å². The maximum absolute atomic E-state index is 11.3. The molecule has 0 unspecified atom stereocenters. The monoisotopic (exact) mass is 296 g/mol. The van der Waals surface area contributed by atoms with E-state index in [1.807, 2.05) is 0 Å². The second-order valence-electron chi connectivity index (χ2n) is 3.77. The summed E-state index contributed by atoms with van der Waals surface area (Å²) < 4.78 is 28.1. The summed E-state index contributed by atoms with van der Waals surface area (Å²) in [5, 5.41) is 8.25. The molecule has 1 heterocycles. The van der Waals surface area contributed by atoms with E-state index in [0.717, 1.165) is 0 Å². The van der Waals surface area contributed by atoms with Crippen molar-refractivity contribution < 1.29 is 12.8 Å². The van der Waals surface area contributed by atoms with Crippen LogP contribution in [0.5, 0.6) is 0 Å². The van der Waals surface area contributed by atoms with E-state index in [1.54, 1.807) is 18.2 Å². The topological polar surface area (TPSA) is 73.1 Å². The minimum absolute atomic E-state index is 0.261. The molecule has 0 fully saturated rings. The van der Waals surface area contributed by atoms with Crippen molar-refractivity contribution in [2.45, 2.75) is 10.1 Å². The molecule has 19 heavy (non-hydrogen) atoms. The lowest BCUT2D eigenvalue weighted by Gasteiger charge is -1.98. The van der Waals surface area contributed by atoms with E-state index in [0.29, 0.717) is 22.4 Å². The van der Waals surface area contributed by atoms with Gasteiger partial charge in [0.2, 0.25) is 5.89 Å². The molecular formula is C12H12N2O3S2. The SMILES string of the molecule is C=CCSc1nnc(-c2ccc(S(C)(=O)=O)cc2)o1. The second kappa shape index (κ2) is 5.58. The molecule has 100 valence electrons. The van der Waals surface area contributed by atoms with E-state index < -0.39 is 9.84 Å². The summed E-state index contributed by atoms with van der Waals surface area (Å²) >= 11 is 1.39. The molecule has 0 radical (unpaired) electrons. The van der Waals surface area contributed by atoms with E-state index in [2.05, 4.69) is 16.8 Å². The molecule has 2 aromatic rings. The van der Waals surface area contributed by atoms with Gasteiger partial charge in [0.05, 0.1) is 4.90 Å². The third kappa shape index (κ3) is 3.45. The lowest BCUT2D eigenvalue weighted by atomic mass is 10.2. The van der Waals surface area contributed by atoms with Crippen molar-refractivity contribution in [3.8, 4) is 11.5 Å². The van der Waals surface area contributed by atoms with Crippen LogP contribution in [0.25, 0.3) is 11.5 Å². The van der Waals surface area contributed by atoms with Gasteiger partial charge in [-0.25, -0.2) is 8.42 Å². The highest BCUT2D eigenvalue weighted by Crippen LogP contribution is 2.24. The van der Waals surface area contributed by atoms with Crippen LogP contribution < -0.4 is 0 Å². The molecule has 7 heteroatoms. The van der Waals surface area contributed by atoms with Gasteiger partial charge in [0.15, 0.2) is 9.84 Å². The summed E-state index contributed by atoms with van der Waals surface area (Å²) in [4.78, 5) is 0.261. The first-order valence-corrected chi connectivity index (χ1v) is 8.26. The van der Waals surface area contributed by atoms with Gasteiger partial charge < -0.3 is 4.42 Å². The standard InChI is InChI=1S/C12H12N2O3S2/c1-3-8-18-12-14-13-11(17-12)9-4-6-10(7-5-9)19(2,15)16/h3-7H,1,8H2,2H3. The molecule has 1 aromatic carbocycles. The average Bonchev–Trinajstić information content (AvgIpc) is 2.84. The zero-order valence-electron chi connectivity index (χ0n) is 10.2. The highest BCUT2D eigenvalue weighted by atomic mass is 32.2. The van der Waals surface area contributed by atoms with E-state index in [-0.39, 0.29) is 4.90 Å². The minimum Gasteiger partial charge on any atom is -0.411 e. The predicted octanol–water partition coefficient (Wildman–Crippen LogP) is 2.42. The molecule has 0 N–H and O–H groups in total. The zero-order valence-corrected chi connectivity index (χ0v) is 11.9. The lowest BCUT2D eigenvalue weighted by molar-refractivity contribution is 0.466. The summed E-state index contributed by atoms with van der Waals surface area (Å²) in [6.45, 7) is 3.61. The van der Waals surface area contributed by atoms with Gasteiger partial charge in [0, 0.05) is 17.6 Å². The fourth-order valence-corrected chi connectivity index (χ4v) is 2.49. The summed E-state index contributed by atoms with van der Waals surface area (Å²) in [7, 11) is -3.19. The first-order chi connectivity index (χ1) is 9.00. The van der Waals surface area contributed by atoms with Gasteiger partial charge in [-0.3, -0.25) is 0 Å². The van der Waals surface area contributed by atoms with Crippen molar-refractivity contribution in [2.75, 3.05) is 12.0 Å². The fraction of sp³-hybridized carbons (Fsp3) is 0.167. The molecule has 2 rings (SSSR count). The Hall–Kier alpha value is -1.60. The van der Waals surface area contributed by atoms with Crippen LogP contribution in [-0.2, 0) is 9.84 Å². The van der Waals surface area contributed by atoms with Crippen LogP contribution in [0.1, 0.15) is 0 Å². The van der Waals surface area contributed by atoms with Crippen molar-refractivity contribution in [2.24, 2.45) is 0 Å². The third-order valence-corrected chi connectivity index (χ3v) is 4.20. The van der Waals surface area contributed by atoms with E-state index >= 15 is 0 Å². The van der Waals surface area contributed by atoms with Crippen LogP contribution in [0, 0.1) is 0 Å². The maximum Gasteiger partial charge on any atom is 0.277 e. The highest BCUT2D eigenvalue weighted by Gasteiger charge is 2.11. The molecule has 0 spiro atoms. The van der Waals surface area contributed by atoms with E-state index in [1.165, 1.54) is 30.2 Å². The summed E-state index contributed by atoms with van der Waals surface area (Å²) in [5.41, 5.74) is 0.686. The summed E-state index contributed by atoms with van der Waals surface area (Å²) in [6, 6.07) is 6.33. The molecule has 0 atom stereocenters. The molecule has 0 aliphatic rings. The first kappa shape index (κ1) is 13.8.